The Labute approximate surface area is 226 Å². The van der Waals surface area contributed by atoms with Crippen molar-refractivity contribution in [3.05, 3.63) is 12.2 Å². The molecule has 0 aliphatic heterocycles. The molecule has 0 spiro atoms. The van der Waals surface area contributed by atoms with Crippen molar-refractivity contribution < 1.29 is 14.3 Å². The standard InChI is InChI=1S/C33H53NO3/c1-20(2)22-12-17-33(21(3)35)19-18-31(7)23(27(22)33)10-11-25-30(6)15-14-26(34-28(36)37-9)29(4,5)24(30)13-16-32(25,31)8/h22-27H,1,10-19H2,2-9H3,(H,34,36)/t22-,23+,24?,25+,26?,27?,30-,31+,32+,33+/m0/s1. The number of nitrogens with one attached hydrogen (secondary N) is 1. The highest BCUT2D eigenvalue weighted by atomic mass is 16.5. The van der Waals surface area contributed by atoms with E-state index in [0.717, 1.165) is 25.7 Å². The van der Waals surface area contributed by atoms with Crippen molar-refractivity contribution in [1.29, 1.82) is 0 Å². The molecule has 1 N–H and O–H groups in total. The molecule has 5 aliphatic rings. The summed E-state index contributed by atoms with van der Waals surface area (Å²) in [7, 11) is 1.47. The van der Waals surface area contributed by atoms with E-state index < -0.39 is 0 Å². The van der Waals surface area contributed by atoms with Gasteiger partial charge >= 0.3 is 6.09 Å². The summed E-state index contributed by atoms with van der Waals surface area (Å²) in [5, 5.41) is 3.20. The molecule has 10 atom stereocenters. The van der Waals surface area contributed by atoms with Gasteiger partial charge in [0, 0.05) is 11.5 Å². The minimum atomic E-state index is -0.296. The third-order valence-corrected chi connectivity index (χ3v) is 14.3. The van der Waals surface area contributed by atoms with Gasteiger partial charge in [-0.2, -0.15) is 0 Å². The Kier molecular flexibility index (Phi) is 6.33. The number of carbonyl (C=O) groups excluding carboxylic acids is 2. The largest absolute Gasteiger partial charge is 0.453 e. The lowest BCUT2D eigenvalue weighted by molar-refractivity contribution is -0.237. The fourth-order valence-corrected chi connectivity index (χ4v) is 12.2. The van der Waals surface area contributed by atoms with E-state index in [1.54, 1.807) is 0 Å². The highest BCUT2D eigenvalue weighted by Gasteiger charge is 2.71. The highest BCUT2D eigenvalue weighted by Crippen LogP contribution is 2.77. The number of ketones is 1. The normalized spacial score (nSPS) is 50.1. The topological polar surface area (TPSA) is 55.4 Å². The van der Waals surface area contributed by atoms with Crippen LogP contribution in [0.4, 0.5) is 4.79 Å². The smallest absolute Gasteiger partial charge is 0.407 e. The summed E-state index contributed by atoms with van der Waals surface area (Å²) >= 11 is 0. The predicted molar refractivity (Wildman–Crippen MR) is 149 cm³/mol. The molecule has 0 saturated heterocycles. The number of methoxy groups -OCH3 is 1. The summed E-state index contributed by atoms with van der Waals surface area (Å²) in [6.07, 6.45) is 11.4. The van der Waals surface area contributed by atoms with Gasteiger partial charge in [-0.15, -0.1) is 0 Å². The van der Waals surface area contributed by atoms with E-state index in [1.165, 1.54) is 51.2 Å². The minimum Gasteiger partial charge on any atom is -0.453 e. The third kappa shape index (κ3) is 3.45. The molecule has 5 saturated carbocycles. The van der Waals surface area contributed by atoms with Gasteiger partial charge in [0.25, 0.3) is 0 Å². The van der Waals surface area contributed by atoms with Gasteiger partial charge in [-0.3, -0.25) is 4.79 Å². The molecular formula is C33H53NO3. The summed E-state index contributed by atoms with van der Waals surface area (Å²) in [6.45, 7) is 21.2. The van der Waals surface area contributed by atoms with Crippen molar-refractivity contribution in [2.75, 3.05) is 7.11 Å². The van der Waals surface area contributed by atoms with E-state index in [4.69, 9.17) is 4.74 Å². The lowest BCUT2D eigenvalue weighted by atomic mass is 9.32. The maximum Gasteiger partial charge on any atom is 0.407 e. The lowest BCUT2D eigenvalue weighted by Gasteiger charge is -2.73. The molecule has 37 heavy (non-hydrogen) atoms. The van der Waals surface area contributed by atoms with Crippen LogP contribution in [-0.2, 0) is 9.53 Å². The number of ether oxygens (including phenoxy) is 1. The van der Waals surface area contributed by atoms with Crippen LogP contribution in [0.5, 0.6) is 0 Å². The Bertz CT molecular complexity index is 986. The number of fused-ring (bicyclic) bond motifs is 7. The molecule has 0 radical (unpaired) electrons. The number of carbonyl (C=O) groups is 2. The van der Waals surface area contributed by atoms with Gasteiger partial charge in [0.2, 0.25) is 0 Å². The number of alkyl carbamates (subject to hydrolysis) is 1. The van der Waals surface area contributed by atoms with Crippen LogP contribution in [0, 0.1) is 56.7 Å². The van der Waals surface area contributed by atoms with Gasteiger partial charge in [0.05, 0.1) is 7.11 Å². The Hall–Kier alpha value is -1.32. The molecule has 5 aliphatic carbocycles. The third-order valence-electron chi connectivity index (χ3n) is 14.3. The summed E-state index contributed by atoms with van der Waals surface area (Å²) in [5.74, 6) is 3.31. The van der Waals surface area contributed by atoms with Crippen LogP contribution in [-0.4, -0.2) is 25.0 Å². The Morgan fingerprint density at radius 3 is 2.14 bits per heavy atom. The molecule has 0 heterocycles. The SMILES string of the molecule is C=C(C)[C@@H]1CC[C@]2(C(C)=O)CC[C@]3(C)[C@H](CC[C@@H]4[C@@]5(C)CCC(NC(=O)OC)C(C)(C)C5CC[C@]43C)C12. The van der Waals surface area contributed by atoms with Gasteiger partial charge in [0.15, 0.2) is 0 Å². The molecule has 3 unspecified atom stereocenters. The zero-order valence-electron chi connectivity index (χ0n) is 25.0. The summed E-state index contributed by atoms with van der Waals surface area (Å²) in [4.78, 5) is 25.4. The molecule has 5 fully saturated rings. The average molecular weight is 512 g/mol. The first-order valence-corrected chi connectivity index (χ1v) is 15.2. The first-order chi connectivity index (χ1) is 17.2. The van der Waals surface area contributed by atoms with Gasteiger partial charge in [-0.25, -0.2) is 4.79 Å². The predicted octanol–water partition coefficient (Wildman–Crippen LogP) is 7.96. The number of hydrogen-bond donors (Lipinski definition) is 1. The van der Waals surface area contributed by atoms with Crippen molar-refractivity contribution in [1.82, 2.24) is 5.32 Å². The summed E-state index contributed by atoms with van der Waals surface area (Å²) in [6, 6.07) is 0.162. The lowest BCUT2D eigenvalue weighted by Crippen LogP contribution is -2.68. The maximum absolute atomic E-state index is 13.3. The second-order valence-electron chi connectivity index (χ2n) is 15.4. The van der Waals surface area contributed by atoms with Crippen molar-refractivity contribution in [3.63, 3.8) is 0 Å². The molecule has 5 rings (SSSR count). The van der Waals surface area contributed by atoms with Gasteiger partial charge < -0.3 is 10.1 Å². The first kappa shape index (κ1) is 27.3. The molecule has 0 aromatic rings. The van der Waals surface area contributed by atoms with Gasteiger partial charge in [-0.1, -0.05) is 46.8 Å². The first-order valence-electron chi connectivity index (χ1n) is 15.2. The number of Topliss-reactive ketones (excluding diaryl/α,β-unsaturated/α-hetero) is 1. The Morgan fingerprint density at radius 1 is 0.811 bits per heavy atom. The number of hydrogen-bond acceptors (Lipinski definition) is 3. The molecular weight excluding hydrogens is 458 g/mol. The quantitative estimate of drug-likeness (QED) is 0.391. The summed E-state index contributed by atoms with van der Waals surface area (Å²) in [5.41, 5.74) is 2.04. The maximum atomic E-state index is 13.3. The molecule has 208 valence electrons. The van der Waals surface area contributed by atoms with Crippen LogP contribution >= 0.6 is 0 Å². The van der Waals surface area contributed by atoms with Crippen molar-refractivity contribution in [2.24, 2.45) is 56.7 Å². The number of amides is 1. The Morgan fingerprint density at radius 2 is 1.51 bits per heavy atom. The van der Waals surface area contributed by atoms with E-state index >= 15 is 0 Å². The van der Waals surface area contributed by atoms with Gasteiger partial charge in [-0.05, 0) is 129 Å². The minimum absolute atomic E-state index is 0.0348. The zero-order valence-corrected chi connectivity index (χ0v) is 25.0. The Balaban J connectivity index is 1.50. The summed E-state index contributed by atoms with van der Waals surface area (Å²) < 4.78 is 4.99. The highest BCUT2D eigenvalue weighted by molar-refractivity contribution is 5.83. The number of rotatable bonds is 3. The molecule has 1 amide bonds. The van der Waals surface area contributed by atoms with Crippen molar-refractivity contribution >= 4 is 11.9 Å². The second kappa shape index (κ2) is 8.59. The van der Waals surface area contributed by atoms with Crippen LogP contribution < -0.4 is 5.32 Å². The molecule has 0 aromatic carbocycles. The van der Waals surface area contributed by atoms with Crippen LogP contribution in [0.15, 0.2) is 12.2 Å². The van der Waals surface area contributed by atoms with Crippen LogP contribution in [0.2, 0.25) is 0 Å². The van der Waals surface area contributed by atoms with Crippen LogP contribution in [0.3, 0.4) is 0 Å². The molecule has 4 nitrogen and oxygen atoms in total. The number of allylic oxidation sites excluding steroid dienone is 1. The zero-order chi connectivity index (χ0) is 27.2. The molecule has 0 bridgehead atoms. The van der Waals surface area contributed by atoms with E-state index in [-0.39, 0.29) is 39.2 Å². The van der Waals surface area contributed by atoms with Crippen LogP contribution in [0.25, 0.3) is 0 Å². The van der Waals surface area contributed by atoms with Crippen LogP contribution in [0.1, 0.15) is 113 Å². The molecule has 4 heteroatoms. The van der Waals surface area contributed by atoms with Crippen molar-refractivity contribution in [2.45, 2.75) is 119 Å². The van der Waals surface area contributed by atoms with E-state index in [1.807, 2.05) is 6.92 Å². The second-order valence-corrected chi connectivity index (χ2v) is 15.4. The molecule has 0 aromatic heterocycles. The van der Waals surface area contributed by atoms with Gasteiger partial charge in [0.1, 0.15) is 5.78 Å². The average Bonchev–Trinajstić information content (AvgIpc) is 3.23. The van der Waals surface area contributed by atoms with Crippen molar-refractivity contribution in [3.8, 4) is 0 Å². The monoisotopic (exact) mass is 511 g/mol. The van der Waals surface area contributed by atoms with E-state index in [0.29, 0.717) is 35.4 Å². The van der Waals surface area contributed by atoms with E-state index in [9.17, 15) is 9.59 Å². The fourth-order valence-electron chi connectivity index (χ4n) is 12.2. The fraction of sp³-hybridized carbons (Fsp3) is 0.879. The van der Waals surface area contributed by atoms with E-state index in [2.05, 4.69) is 53.4 Å².